The third-order valence-corrected chi connectivity index (χ3v) is 4.99. The summed E-state index contributed by atoms with van der Waals surface area (Å²) in [7, 11) is 0. The molecule has 0 N–H and O–H groups in total. The Morgan fingerprint density at radius 2 is 1.04 bits per heavy atom. The topological polar surface area (TPSA) is 42.0 Å². The van der Waals surface area contributed by atoms with Crippen LogP contribution < -0.4 is 0 Å². The summed E-state index contributed by atoms with van der Waals surface area (Å²) in [5, 5.41) is 0. The molecule has 5 nitrogen and oxygen atoms in total. The number of carbonyl (C=O) groups is 1. The molecule has 5 heteroatoms. The molecule has 152 valence electrons. The molecule has 0 aromatic rings. The van der Waals surface area contributed by atoms with E-state index in [-0.39, 0.29) is 12.2 Å². The number of nitrogens with zero attached hydrogens (tertiary/aromatic N) is 2. The maximum absolute atomic E-state index is 12.1. The molecule has 2 rings (SSSR count). The molecule has 0 bridgehead atoms. The Morgan fingerprint density at radius 3 is 1.31 bits per heavy atom. The van der Waals surface area contributed by atoms with Gasteiger partial charge in [-0.1, -0.05) is 41.5 Å². The number of ether oxygens (including phenoxy) is 2. The lowest BCUT2D eigenvalue weighted by Gasteiger charge is -2.36. The number of hydrogen-bond acceptors (Lipinski definition) is 5. The predicted octanol–water partition coefficient (Wildman–Crippen LogP) is 4.16. The van der Waals surface area contributed by atoms with Crippen molar-refractivity contribution in [1.82, 2.24) is 9.80 Å². The van der Waals surface area contributed by atoms with Gasteiger partial charge < -0.3 is 19.3 Å². The van der Waals surface area contributed by atoms with Crippen LogP contribution in [-0.4, -0.2) is 67.4 Å². The van der Waals surface area contributed by atoms with Crippen LogP contribution in [0.1, 0.15) is 67.2 Å². The minimum absolute atomic E-state index is 0.0136. The van der Waals surface area contributed by atoms with E-state index in [9.17, 15) is 4.79 Å². The largest absolute Gasteiger partial charge is 0.508 e. The smallest absolute Gasteiger partial charge is 0.431 e. The SMILES string of the molecule is CC(C)(C)CN1CCC(OC(=O)OC2CCN(CC(C)(C)C)CC2)CC1. The molecule has 26 heavy (non-hydrogen) atoms. The quantitative estimate of drug-likeness (QED) is 0.697. The number of piperidine rings is 2. The van der Waals surface area contributed by atoms with Gasteiger partial charge in [-0.15, -0.1) is 0 Å². The van der Waals surface area contributed by atoms with E-state index in [1.165, 1.54) is 0 Å². The van der Waals surface area contributed by atoms with E-state index in [1.54, 1.807) is 0 Å². The normalized spacial score (nSPS) is 22.4. The Bertz CT molecular complexity index is 397. The molecule has 2 fully saturated rings. The first-order chi connectivity index (χ1) is 12.0. The zero-order chi connectivity index (χ0) is 19.4. The van der Waals surface area contributed by atoms with Gasteiger partial charge in [0, 0.05) is 39.3 Å². The Morgan fingerprint density at radius 1 is 0.731 bits per heavy atom. The van der Waals surface area contributed by atoms with Gasteiger partial charge in [0.15, 0.2) is 0 Å². The molecule has 0 saturated carbocycles. The molecule has 0 radical (unpaired) electrons. The maximum atomic E-state index is 12.1. The Labute approximate surface area is 160 Å². The average Bonchev–Trinajstić information content (AvgIpc) is 2.48. The second-order valence-electron chi connectivity index (χ2n) is 10.6. The monoisotopic (exact) mass is 368 g/mol. The van der Waals surface area contributed by atoms with Gasteiger partial charge in [-0.25, -0.2) is 4.79 Å². The Kier molecular flexibility index (Phi) is 7.37. The van der Waals surface area contributed by atoms with Crippen LogP contribution in [-0.2, 0) is 9.47 Å². The van der Waals surface area contributed by atoms with E-state index in [1.807, 2.05) is 0 Å². The van der Waals surface area contributed by atoms with Crippen molar-refractivity contribution in [2.24, 2.45) is 10.8 Å². The first-order valence-corrected chi connectivity index (χ1v) is 10.3. The minimum Gasteiger partial charge on any atom is -0.431 e. The first kappa shape index (κ1) is 21.5. The maximum Gasteiger partial charge on any atom is 0.508 e. The fourth-order valence-electron chi connectivity index (χ4n) is 4.01. The van der Waals surface area contributed by atoms with E-state index >= 15 is 0 Å². The van der Waals surface area contributed by atoms with Crippen molar-refractivity contribution in [3.63, 3.8) is 0 Å². The van der Waals surface area contributed by atoms with Gasteiger partial charge in [-0.05, 0) is 36.5 Å². The molecule has 2 heterocycles. The van der Waals surface area contributed by atoms with Crippen LogP contribution in [0.3, 0.4) is 0 Å². The number of likely N-dealkylation sites (tertiary alicyclic amines) is 2. The summed E-state index contributed by atoms with van der Waals surface area (Å²) in [6.07, 6.45) is 3.21. The van der Waals surface area contributed by atoms with E-state index < -0.39 is 6.16 Å². The van der Waals surface area contributed by atoms with Gasteiger partial charge in [0.2, 0.25) is 0 Å². The van der Waals surface area contributed by atoms with E-state index in [0.717, 1.165) is 65.0 Å². The molecular formula is C21H40N2O3. The fraction of sp³-hybridized carbons (Fsp3) is 0.952. The van der Waals surface area contributed by atoms with Crippen molar-refractivity contribution in [3.05, 3.63) is 0 Å². The lowest BCUT2D eigenvalue weighted by atomic mass is 9.94. The number of rotatable bonds is 4. The summed E-state index contributed by atoms with van der Waals surface area (Å²) < 4.78 is 11.2. The third kappa shape index (κ3) is 8.26. The van der Waals surface area contributed by atoms with Gasteiger partial charge >= 0.3 is 6.16 Å². The van der Waals surface area contributed by atoms with E-state index in [2.05, 4.69) is 51.3 Å². The highest BCUT2D eigenvalue weighted by molar-refractivity contribution is 5.60. The van der Waals surface area contributed by atoms with E-state index in [4.69, 9.17) is 9.47 Å². The van der Waals surface area contributed by atoms with Gasteiger partial charge in [-0.2, -0.15) is 0 Å². The van der Waals surface area contributed by atoms with Gasteiger partial charge in [0.25, 0.3) is 0 Å². The Hall–Kier alpha value is -0.810. The van der Waals surface area contributed by atoms with Crippen LogP contribution in [0.4, 0.5) is 4.79 Å². The molecule has 0 spiro atoms. The molecular weight excluding hydrogens is 328 g/mol. The molecule has 0 aromatic heterocycles. The summed E-state index contributed by atoms with van der Waals surface area (Å²) >= 11 is 0. The molecule has 0 atom stereocenters. The second kappa shape index (κ2) is 8.92. The van der Waals surface area contributed by atoms with Crippen molar-refractivity contribution in [2.45, 2.75) is 79.4 Å². The van der Waals surface area contributed by atoms with Crippen LogP contribution in [0.5, 0.6) is 0 Å². The van der Waals surface area contributed by atoms with E-state index in [0.29, 0.717) is 10.8 Å². The van der Waals surface area contributed by atoms with Crippen molar-refractivity contribution in [1.29, 1.82) is 0 Å². The third-order valence-electron chi connectivity index (χ3n) is 4.99. The lowest BCUT2D eigenvalue weighted by Crippen LogP contribution is -2.43. The first-order valence-electron chi connectivity index (χ1n) is 10.3. The van der Waals surface area contributed by atoms with Crippen molar-refractivity contribution >= 4 is 6.16 Å². The van der Waals surface area contributed by atoms with Crippen LogP contribution in [0.2, 0.25) is 0 Å². The predicted molar refractivity (Wildman–Crippen MR) is 105 cm³/mol. The van der Waals surface area contributed by atoms with Crippen molar-refractivity contribution < 1.29 is 14.3 Å². The molecule has 2 aliphatic heterocycles. The summed E-state index contributed by atoms with van der Waals surface area (Å²) in [4.78, 5) is 17.1. The van der Waals surface area contributed by atoms with Crippen LogP contribution in [0.15, 0.2) is 0 Å². The zero-order valence-corrected chi connectivity index (χ0v) is 17.8. The summed E-state index contributed by atoms with van der Waals surface area (Å²) in [6, 6.07) is 0. The molecule has 0 unspecified atom stereocenters. The summed E-state index contributed by atoms with van der Waals surface area (Å²) in [5.74, 6) is 0. The van der Waals surface area contributed by atoms with Gasteiger partial charge in [0.05, 0.1) is 0 Å². The van der Waals surface area contributed by atoms with Gasteiger partial charge in [0.1, 0.15) is 12.2 Å². The van der Waals surface area contributed by atoms with Crippen molar-refractivity contribution in [2.75, 3.05) is 39.3 Å². The minimum atomic E-state index is -0.464. The van der Waals surface area contributed by atoms with Crippen LogP contribution in [0, 0.1) is 10.8 Å². The molecule has 2 aliphatic rings. The highest BCUT2D eigenvalue weighted by atomic mass is 16.7. The molecule has 0 amide bonds. The molecule has 2 saturated heterocycles. The summed E-state index contributed by atoms with van der Waals surface area (Å²) in [5.41, 5.74) is 0.628. The highest BCUT2D eigenvalue weighted by Crippen LogP contribution is 2.23. The number of carbonyl (C=O) groups excluding carboxylic acids is 1. The van der Waals surface area contributed by atoms with Crippen molar-refractivity contribution in [3.8, 4) is 0 Å². The molecule has 0 aromatic carbocycles. The summed E-state index contributed by atoms with van der Waals surface area (Å²) in [6.45, 7) is 19.8. The molecule has 0 aliphatic carbocycles. The lowest BCUT2D eigenvalue weighted by molar-refractivity contribution is -0.0354. The Balaban J connectivity index is 1.63. The highest BCUT2D eigenvalue weighted by Gasteiger charge is 2.28. The number of hydrogen-bond donors (Lipinski definition) is 0. The standard InChI is InChI=1S/C21H40N2O3/c1-20(2,3)15-22-11-7-17(8-12-22)25-19(24)26-18-9-13-23(14-10-18)16-21(4,5)6/h17-18H,7-16H2,1-6H3. The van der Waals surface area contributed by atoms with Crippen LogP contribution >= 0.6 is 0 Å². The second-order valence-corrected chi connectivity index (χ2v) is 10.6. The average molecular weight is 369 g/mol. The zero-order valence-electron chi connectivity index (χ0n) is 17.8. The fourth-order valence-corrected chi connectivity index (χ4v) is 4.01. The van der Waals surface area contributed by atoms with Gasteiger partial charge in [-0.3, -0.25) is 0 Å². The van der Waals surface area contributed by atoms with Crippen LogP contribution in [0.25, 0.3) is 0 Å².